The lowest BCUT2D eigenvalue weighted by atomic mass is 10.2. The van der Waals surface area contributed by atoms with Crippen LogP contribution >= 0.6 is 0 Å². The minimum absolute atomic E-state index is 0.0477. The second kappa shape index (κ2) is 6.77. The van der Waals surface area contributed by atoms with E-state index in [1.54, 1.807) is 12.1 Å². The van der Waals surface area contributed by atoms with Gasteiger partial charge in [-0.1, -0.05) is 17.7 Å². The van der Waals surface area contributed by atoms with Crippen LogP contribution in [0.25, 0.3) is 0 Å². The maximum Gasteiger partial charge on any atom is 0.240 e. The Balaban J connectivity index is 2.03. The molecular weight excluding hydrogens is 341 g/mol. The molecule has 5 nitrogen and oxygen atoms in total. The van der Waals surface area contributed by atoms with Crippen LogP contribution in [0.15, 0.2) is 58.3 Å². The lowest BCUT2D eigenvalue weighted by Gasteiger charge is -2.08. The molecule has 0 aliphatic heterocycles. The summed E-state index contributed by atoms with van der Waals surface area (Å²) in [6.45, 7) is 1.56. The number of benzene rings is 2. The number of rotatable bonds is 6. The van der Waals surface area contributed by atoms with Gasteiger partial charge in [0.25, 0.3) is 0 Å². The average Bonchev–Trinajstić information content (AvgIpc) is 2.47. The molecule has 0 saturated heterocycles. The van der Waals surface area contributed by atoms with E-state index in [0.29, 0.717) is 0 Å². The van der Waals surface area contributed by atoms with Gasteiger partial charge in [0, 0.05) is 6.54 Å². The molecule has 2 aromatic rings. The van der Waals surface area contributed by atoms with E-state index in [1.807, 2.05) is 6.92 Å². The van der Waals surface area contributed by atoms with E-state index in [4.69, 9.17) is 0 Å². The Morgan fingerprint density at radius 3 is 1.96 bits per heavy atom. The van der Waals surface area contributed by atoms with Crippen molar-refractivity contribution in [3.63, 3.8) is 0 Å². The van der Waals surface area contributed by atoms with Crippen molar-refractivity contribution in [2.75, 3.05) is 12.3 Å². The van der Waals surface area contributed by atoms with Gasteiger partial charge in [-0.3, -0.25) is 0 Å². The maximum atomic E-state index is 12.8. The molecule has 2 aromatic carbocycles. The summed E-state index contributed by atoms with van der Waals surface area (Å²) >= 11 is 0. The van der Waals surface area contributed by atoms with Gasteiger partial charge in [-0.05, 0) is 43.3 Å². The quantitative estimate of drug-likeness (QED) is 0.801. The largest absolute Gasteiger partial charge is 0.240 e. The highest BCUT2D eigenvalue weighted by molar-refractivity contribution is 7.91. The van der Waals surface area contributed by atoms with Gasteiger partial charge in [-0.15, -0.1) is 0 Å². The average molecular weight is 357 g/mol. The maximum absolute atomic E-state index is 12.8. The Morgan fingerprint density at radius 1 is 0.870 bits per heavy atom. The first kappa shape index (κ1) is 17.6. The predicted molar refractivity (Wildman–Crippen MR) is 84.8 cm³/mol. The van der Waals surface area contributed by atoms with Crippen molar-refractivity contribution < 1.29 is 21.2 Å². The van der Waals surface area contributed by atoms with Crippen molar-refractivity contribution >= 4 is 19.9 Å². The second-order valence-corrected chi connectivity index (χ2v) is 8.86. The van der Waals surface area contributed by atoms with Crippen LogP contribution in [0.5, 0.6) is 0 Å². The Kier molecular flexibility index (Phi) is 5.18. The number of aryl methyl sites for hydroxylation is 1. The third-order valence-electron chi connectivity index (χ3n) is 3.17. The summed E-state index contributed by atoms with van der Waals surface area (Å²) < 4.78 is 63.3. The molecule has 0 fully saturated rings. The van der Waals surface area contributed by atoms with E-state index in [9.17, 15) is 21.2 Å². The van der Waals surface area contributed by atoms with Crippen LogP contribution in [0.4, 0.5) is 4.39 Å². The molecule has 0 bridgehead atoms. The number of hydrogen-bond donors (Lipinski definition) is 1. The first-order chi connectivity index (χ1) is 10.7. The first-order valence-corrected chi connectivity index (χ1v) is 9.89. The molecule has 0 aliphatic rings. The standard InChI is InChI=1S/C15H16FNO4S2/c1-12-2-6-15(7-3-12)23(20,21)17-10-11-22(18,19)14-8-4-13(16)5-9-14/h2-9,17H,10-11H2,1H3. The second-order valence-electron chi connectivity index (χ2n) is 4.98. The van der Waals surface area contributed by atoms with Crippen molar-refractivity contribution in [1.82, 2.24) is 4.72 Å². The van der Waals surface area contributed by atoms with Crippen LogP contribution < -0.4 is 4.72 Å². The van der Waals surface area contributed by atoms with Gasteiger partial charge >= 0.3 is 0 Å². The number of halogens is 1. The third kappa shape index (κ3) is 4.60. The zero-order valence-electron chi connectivity index (χ0n) is 12.4. The summed E-state index contributed by atoms with van der Waals surface area (Å²) in [5.74, 6) is -0.951. The number of sulfone groups is 1. The van der Waals surface area contributed by atoms with Crippen LogP contribution in [0.2, 0.25) is 0 Å². The SMILES string of the molecule is Cc1ccc(S(=O)(=O)NCCS(=O)(=O)c2ccc(F)cc2)cc1. The summed E-state index contributed by atoms with van der Waals surface area (Å²) in [5, 5.41) is 0. The van der Waals surface area contributed by atoms with Crippen molar-refractivity contribution in [1.29, 1.82) is 0 Å². The molecular formula is C15H16FNO4S2. The first-order valence-electron chi connectivity index (χ1n) is 6.75. The van der Waals surface area contributed by atoms with Gasteiger partial charge in [0.05, 0.1) is 15.5 Å². The fourth-order valence-corrected chi connectivity index (χ4v) is 4.19. The van der Waals surface area contributed by atoms with Crippen LogP contribution in [-0.4, -0.2) is 29.1 Å². The molecule has 8 heteroatoms. The molecule has 23 heavy (non-hydrogen) atoms. The topological polar surface area (TPSA) is 80.3 Å². The van der Waals surface area contributed by atoms with E-state index in [1.165, 1.54) is 12.1 Å². The van der Waals surface area contributed by atoms with E-state index in [2.05, 4.69) is 4.72 Å². The summed E-state index contributed by atoms with van der Waals surface area (Å²) in [5.41, 5.74) is 0.919. The van der Waals surface area contributed by atoms with Gasteiger partial charge in [-0.2, -0.15) is 0 Å². The smallest absolute Gasteiger partial charge is 0.224 e. The summed E-state index contributed by atoms with van der Waals surface area (Å²) in [7, 11) is -7.44. The normalized spacial score (nSPS) is 12.3. The molecule has 0 atom stereocenters. The molecule has 0 amide bonds. The minimum Gasteiger partial charge on any atom is -0.224 e. The van der Waals surface area contributed by atoms with E-state index >= 15 is 0 Å². The monoisotopic (exact) mass is 357 g/mol. The highest BCUT2D eigenvalue weighted by Gasteiger charge is 2.18. The Hall–Kier alpha value is -1.77. The molecule has 0 radical (unpaired) electrons. The van der Waals surface area contributed by atoms with E-state index in [0.717, 1.165) is 29.8 Å². The van der Waals surface area contributed by atoms with Crippen LogP contribution in [0, 0.1) is 12.7 Å². The Labute approximate surface area is 135 Å². The van der Waals surface area contributed by atoms with Gasteiger partial charge in [-0.25, -0.2) is 25.9 Å². The summed E-state index contributed by atoms with van der Waals surface area (Å²) in [4.78, 5) is 0.0238. The van der Waals surface area contributed by atoms with Crippen LogP contribution in [0.3, 0.4) is 0 Å². The van der Waals surface area contributed by atoms with Crippen molar-refractivity contribution in [3.8, 4) is 0 Å². The minimum atomic E-state index is -3.76. The molecule has 1 N–H and O–H groups in total. The molecule has 0 spiro atoms. The Morgan fingerprint density at radius 2 is 1.39 bits per heavy atom. The summed E-state index contributed by atoms with van der Waals surface area (Å²) in [6.07, 6.45) is 0. The zero-order chi connectivity index (χ0) is 17.1. The van der Waals surface area contributed by atoms with E-state index < -0.39 is 31.4 Å². The van der Waals surface area contributed by atoms with Gasteiger partial charge in [0.15, 0.2) is 9.84 Å². The molecule has 0 saturated carbocycles. The highest BCUT2D eigenvalue weighted by atomic mass is 32.2. The molecule has 2 rings (SSSR count). The number of sulfonamides is 1. The van der Waals surface area contributed by atoms with Crippen LogP contribution in [0.1, 0.15) is 5.56 Å². The molecule has 0 aromatic heterocycles. The fourth-order valence-electron chi connectivity index (χ4n) is 1.87. The lowest BCUT2D eigenvalue weighted by Crippen LogP contribution is -2.29. The van der Waals surface area contributed by atoms with Crippen LogP contribution in [-0.2, 0) is 19.9 Å². The van der Waals surface area contributed by atoms with Crippen molar-refractivity contribution in [2.45, 2.75) is 16.7 Å². The van der Waals surface area contributed by atoms with Gasteiger partial charge in [0.1, 0.15) is 5.82 Å². The fraction of sp³-hybridized carbons (Fsp3) is 0.200. The number of hydrogen-bond acceptors (Lipinski definition) is 4. The highest BCUT2D eigenvalue weighted by Crippen LogP contribution is 2.13. The zero-order valence-corrected chi connectivity index (χ0v) is 14.0. The van der Waals surface area contributed by atoms with Gasteiger partial charge in [0.2, 0.25) is 10.0 Å². The molecule has 0 aliphatic carbocycles. The molecule has 0 heterocycles. The van der Waals surface area contributed by atoms with Crippen molar-refractivity contribution in [2.24, 2.45) is 0 Å². The summed E-state index contributed by atoms with van der Waals surface area (Å²) in [6, 6.07) is 10.6. The van der Waals surface area contributed by atoms with E-state index in [-0.39, 0.29) is 16.3 Å². The van der Waals surface area contributed by atoms with Gasteiger partial charge < -0.3 is 0 Å². The predicted octanol–water partition coefficient (Wildman–Crippen LogP) is 1.89. The molecule has 0 unspecified atom stereocenters. The van der Waals surface area contributed by atoms with Crippen molar-refractivity contribution in [3.05, 3.63) is 59.9 Å². The molecule has 124 valence electrons. The lowest BCUT2D eigenvalue weighted by molar-refractivity contribution is 0.581. The number of nitrogens with one attached hydrogen (secondary N) is 1. The Bertz CT molecular complexity index is 799. The third-order valence-corrected chi connectivity index (χ3v) is 6.38.